The van der Waals surface area contributed by atoms with Crippen molar-refractivity contribution in [1.82, 2.24) is 10.2 Å². The van der Waals surface area contributed by atoms with Crippen LogP contribution in [0.15, 0.2) is 94.2 Å². The molecule has 0 atom stereocenters. The van der Waals surface area contributed by atoms with E-state index >= 15 is 0 Å². The van der Waals surface area contributed by atoms with Crippen molar-refractivity contribution >= 4 is 45.9 Å². The number of nitrogens with one attached hydrogen (secondary N) is 1. The van der Waals surface area contributed by atoms with Crippen molar-refractivity contribution in [2.45, 2.75) is 15.0 Å². The van der Waals surface area contributed by atoms with Crippen molar-refractivity contribution in [1.29, 1.82) is 0 Å². The number of nitrogens with zero attached hydrogens (tertiary/aromatic N) is 2. The van der Waals surface area contributed by atoms with Crippen LogP contribution in [-0.4, -0.2) is 28.5 Å². The summed E-state index contributed by atoms with van der Waals surface area (Å²) in [5.41, 5.74) is 1.77. The van der Waals surface area contributed by atoms with Gasteiger partial charge in [0.05, 0.1) is 6.61 Å². The molecule has 0 unspecified atom stereocenters. The monoisotopic (exact) mass is 479 g/mol. The van der Waals surface area contributed by atoms with Gasteiger partial charge in [-0.25, -0.2) is 0 Å². The first-order valence-corrected chi connectivity index (χ1v) is 12.8. The minimum Gasteiger partial charge on any atom is -0.493 e. The van der Waals surface area contributed by atoms with Crippen molar-refractivity contribution in [3.8, 4) is 5.75 Å². The summed E-state index contributed by atoms with van der Waals surface area (Å²) < 4.78 is 6.59. The predicted octanol–water partition coefficient (Wildman–Crippen LogP) is 6.25. The van der Waals surface area contributed by atoms with Crippen LogP contribution in [0.25, 0.3) is 0 Å². The SMILES string of the molecule is O=C(Nc1nnc(SCc2ccccc2)s1)c1ccc(OCCSc2ccccc2)cc1. The fourth-order valence-electron chi connectivity index (χ4n) is 2.75. The van der Waals surface area contributed by atoms with E-state index in [0.717, 1.165) is 21.6 Å². The maximum atomic E-state index is 12.5. The molecule has 32 heavy (non-hydrogen) atoms. The highest BCUT2D eigenvalue weighted by atomic mass is 32.2. The Labute approximate surface area is 199 Å². The molecule has 162 valence electrons. The fraction of sp³-hybridized carbons (Fsp3) is 0.125. The summed E-state index contributed by atoms with van der Waals surface area (Å²) in [6.07, 6.45) is 0. The van der Waals surface area contributed by atoms with Crippen LogP contribution in [0, 0.1) is 0 Å². The highest BCUT2D eigenvalue weighted by Crippen LogP contribution is 2.28. The van der Waals surface area contributed by atoms with Gasteiger partial charge in [-0.3, -0.25) is 10.1 Å². The molecular formula is C24H21N3O2S3. The second kappa shape index (κ2) is 11.7. The highest BCUT2D eigenvalue weighted by molar-refractivity contribution is 8.00. The Morgan fingerprint density at radius 1 is 0.875 bits per heavy atom. The quantitative estimate of drug-likeness (QED) is 0.165. The average Bonchev–Trinajstić information content (AvgIpc) is 3.29. The van der Waals surface area contributed by atoms with Gasteiger partial charge in [-0.05, 0) is 42.0 Å². The Hall–Kier alpha value is -2.81. The molecule has 0 bridgehead atoms. The number of anilines is 1. The Balaban J connectivity index is 1.22. The fourth-order valence-corrected chi connectivity index (χ4v) is 5.20. The Bertz CT molecular complexity index is 1120. The maximum absolute atomic E-state index is 12.5. The lowest BCUT2D eigenvalue weighted by atomic mass is 10.2. The highest BCUT2D eigenvalue weighted by Gasteiger charge is 2.11. The number of carbonyl (C=O) groups is 1. The Kier molecular flexibility index (Phi) is 8.19. The second-order valence-corrected chi connectivity index (χ2v) is 10.0. The molecule has 3 aromatic carbocycles. The molecule has 8 heteroatoms. The second-order valence-electron chi connectivity index (χ2n) is 6.64. The molecule has 0 spiro atoms. The van der Waals surface area contributed by atoms with Gasteiger partial charge < -0.3 is 4.74 Å². The molecule has 1 aromatic heterocycles. The number of aromatic nitrogens is 2. The zero-order valence-electron chi connectivity index (χ0n) is 17.1. The summed E-state index contributed by atoms with van der Waals surface area (Å²) in [6.45, 7) is 0.597. The van der Waals surface area contributed by atoms with Gasteiger partial charge in [0, 0.05) is 22.0 Å². The summed E-state index contributed by atoms with van der Waals surface area (Å²) in [6, 6.07) is 27.5. The van der Waals surface area contributed by atoms with Gasteiger partial charge >= 0.3 is 0 Å². The van der Waals surface area contributed by atoms with Crippen LogP contribution in [0.4, 0.5) is 5.13 Å². The lowest BCUT2D eigenvalue weighted by molar-refractivity contribution is 0.102. The third kappa shape index (κ3) is 6.85. The van der Waals surface area contributed by atoms with Crippen LogP contribution in [0.3, 0.4) is 0 Å². The molecule has 4 rings (SSSR count). The molecule has 1 heterocycles. The van der Waals surface area contributed by atoms with E-state index in [2.05, 4.69) is 39.8 Å². The van der Waals surface area contributed by atoms with Crippen molar-refractivity contribution < 1.29 is 9.53 Å². The zero-order chi connectivity index (χ0) is 22.0. The lowest BCUT2D eigenvalue weighted by Crippen LogP contribution is -2.11. The van der Waals surface area contributed by atoms with E-state index in [1.54, 1.807) is 35.7 Å². The maximum Gasteiger partial charge on any atom is 0.257 e. The molecule has 0 radical (unpaired) electrons. The van der Waals surface area contributed by atoms with Crippen LogP contribution >= 0.6 is 34.9 Å². The van der Waals surface area contributed by atoms with Crippen LogP contribution in [-0.2, 0) is 5.75 Å². The number of amides is 1. The number of thioether (sulfide) groups is 2. The first kappa shape index (κ1) is 22.4. The standard InChI is InChI=1S/C24H21N3O2S3/c28-22(25-23-26-27-24(32-23)31-17-18-7-3-1-4-8-18)19-11-13-20(14-12-19)29-15-16-30-21-9-5-2-6-10-21/h1-14H,15-17H2,(H,25,26,28). The smallest absolute Gasteiger partial charge is 0.257 e. The number of hydrogen-bond donors (Lipinski definition) is 1. The van der Waals surface area contributed by atoms with Crippen molar-refractivity contribution in [2.24, 2.45) is 0 Å². The third-order valence-corrected chi connectivity index (χ3v) is 7.33. The number of hydrogen-bond acceptors (Lipinski definition) is 7. The first-order chi connectivity index (χ1) is 15.8. The van der Waals surface area contributed by atoms with E-state index in [4.69, 9.17) is 4.74 Å². The van der Waals surface area contributed by atoms with Crippen LogP contribution < -0.4 is 10.1 Å². The number of rotatable bonds is 10. The first-order valence-electron chi connectivity index (χ1n) is 9.98. The van der Waals surface area contributed by atoms with Gasteiger partial charge in [0.15, 0.2) is 4.34 Å². The van der Waals surface area contributed by atoms with Gasteiger partial charge in [0.2, 0.25) is 5.13 Å². The molecule has 0 aliphatic heterocycles. The third-order valence-electron chi connectivity index (χ3n) is 4.31. The Morgan fingerprint density at radius 2 is 1.59 bits per heavy atom. The van der Waals surface area contributed by atoms with E-state index in [0.29, 0.717) is 17.3 Å². The molecule has 0 aliphatic rings. The van der Waals surface area contributed by atoms with Crippen LogP contribution in [0.2, 0.25) is 0 Å². The molecule has 0 saturated carbocycles. The van der Waals surface area contributed by atoms with E-state index in [-0.39, 0.29) is 5.91 Å². The van der Waals surface area contributed by atoms with E-state index in [1.807, 2.05) is 48.5 Å². The number of benzene rings is 3. The van der Waals surface area contributed by atoms with Crippen LogP contribution in [0.1, 0.15) is 15.9 Å². The van der Waals surface area contributed by atoms with Gasteiger partial charge in [-0.15, -0.1) is 22.0 Å². The van der Waals surface area contributed by atoms with E-state index < -0.39 is 0 Å². The largest absolute Gasteiger partial charge is 0.493 e. The van der Waals surface area contributed by atoms with E-state index in [1.165, 1.54) is 21.8 Å². The summed E-state index contributed by atoms with van der Waals surface area (Å²) in [5, 5.41) is 11.5. The van der Waals surface area contributed by atoms with E-state index in [9.17, 15) is 4.79 Å². The lowest BCUT2D eigenvalue weighted by Gasteiger charge is -2.07. The van der Waals surface area contributed by atoms with Crippen LogP contribution in [0.5, 0.6) is 5.75 Å². The molecule has 0 aliphatic carbocycles. The molecule has 1 N–H and O–H groups in total. The van der Waals surface area contributed by atoms with Gasteiger partial charge in [0.1, 0.15) is 5.75 Å². The summed E-state index contributed by atoms with van der Waals surface area (Å²) in [4.78, 5) is 13.7. The van der Waals surface area contributed by atoms with Gasteiger partial charge in [-0.1, -0.05) is 71.6 Å². The number of ether oxygens (including phenoxy) is 1. The summed E-state index contributed by atoms with van der Waals surface area (Å²) in [5.74, 6) is 2.19. The Morgan fingerprint density at radius 3 is 2.34 bits per heavy atom. The molecule has 0 fully saturated rings. The van der Waals surface area contributed by atoms with Crippen molar-refractivity contribution in [3.63, 3.8) is 0 Å². The zero-order valence-corrected chi connectivity index (χ0v) is 19.6. The molecule has 4 aromatic rings. The normalized spacial score (nSPS) is 10.6. The van der Waals surface area contributed by atoms with Gasteiger partial charge in [0.25, 0.3) is 5.91 Å². The minimum atomic E-state index is -0.216. The topological polar surface area (TPSA) is 64.1 Å². The van der Waals surface area contributed by atoms with Gasteiger partial charge in [-0.2, -0.15) is 0 Å². The molecule has 0 saturated heterocycles. The predicted molar refractivity (Wildman–Crippen MR) is 133 cm³/mol. The minimum absolute atomic E-state index is 0.216. The summed E-state index contributed by atoms with van der Waals surface area (Å²) >= 11 is 4.72. The summed E-state index contributed by atoms with van der Waals surface area (Å²) in [7, 11) is 0. The van der Waals surface area contributed by atoms with Crippen molar-refractivity contribution in [3.05, 3.63) is 96.1 Å². The number of carbonyl (C=O) groups excluding carboxylic acids is 1. The van der Waals surface area contributed by atoms with Crippen molar-refractivity contribution in [2.75, 3.05) is 17.7 Å². The molecule has 1 amide bonds. The molecular weight excluding hydrogens is 458 g/mol. The average molecular weight is 480 g/mol. The molecule has 5 nitrogen and oxygen atoms in total.